The van der Waals surface area contributed by atoms with E-state index in [1.54, 1.807) is 0 Å². The Balaban J connectivity index is 2.14. The van der Waals surface area contributed by atoms with Gasteiger partial charge in [0.1, 0.15) is 5.75 Å². The van der Waals surface area contributed by atoms with Crippen LogP contribution in [-0.4, -0.2) is 25.0 Å². The monoisotopic (exact) mass is 275 g/mol. The Bertz CT molecular complexity index is 450. The van der Waals surface area contributed by atoms with Crippen molar-refractivity contribution in [3.8, 4) is 5.75 Å². The predicted octanol–water partition coefficient (Wildman–Crippen LogP) is 3.58. The van der Waals surface area contributed by atoms with E-state index >= 15 is 0 Å². The first-order valence-electron chi connectivity index (χ1n) is 7.65. The van der Waals surface area contributed by atoms with Gasteiger partial charge in [0.2, 0.25) is 0 Å². The van der Waals surface area contributed by atoms with Crippen molar-refractivity contribution in [3.05, 3.63) is 29.8 Å². The highest BCUT2D eigenvalue weighted by Gasteiger charge is 2.33. The molecule has 0 bridgehead atoms. The number of ether oxygens (including phenoxy) is 1. The molecular weight excluding hydrogens is 250 g/mol. The van der Waals surface area contributed by atoms with Gasteiger partial charge in [-0.05, 0) is 38.9 Å². The Kier molecular flexibility index (Phi) is 5.18. The molecule has 3 nitrogen and oxygen atoms in total. The highest BCUT2D eigenvalue weighted by molar-refractivity contribution is 5.99. The van der Waals surface area contributed by atoms with Crippen molar-refractivity contribution in [2.45, 2.75) is 51.0 Å². The number of hydrogen-bond acceptors (Lipinski definition) is 3. The third kappa shape index (κ3) is 3.40. The van der Waals surface area contributed by atoms with Gasteiger partial charge in [-0.1, -0.05) is 31.4 Å². The summed E-state index contributed by atoms with van der Waals surface area (Å²) < 4.78 is 5.57. The Morgan fingerprint density at radius 3 is 2.60 bits per heavy atom. The van der Waals surface area contributed by atoms with Crippen LogP contribution in [0.4, 0.5) is 0 Å². The highest BCUT2D eigenvalue weighted by atomic mass is 16.5. The minimum atomic E-state index is -0.0192. The third-order valence-corrected chi connectivity index (χ3v) is 4.33. The van der Waals surface area contributed by atoms with E-state index in [9.17, 15) is 4.79 Å². The van der Waals surface area contributed by atoms with Crippen LogP contribution in [-0.2, 0) is 0 Å². The maximum absolute atomic E-state index is 12.7. The lowest BCUT2D eigenvalue weighted by atomic mass is 9.77. The molecule has 1 aromatic carbocycles. The number of ketones is 1. The van der Waals surface area contributed by atoms with Gasteiger partial charge in [-0.3, -0.25) is 4.79 Å². The Labute approximate surface area is 121 Å². The normalized spacial score (nSPS) is 17.7. The smallest absolute Gasteiger partial charge is 0.168 e. The van der Waals surface area contributed by atoms with Crippen LogP contribution in [0, 0.1) is 0 Å². The summed E-state index contributed by atoms with van der Waals surface area (Å²) in [7, 11) is 1.98. The van der Waals surface area contributed by atoms with Gasteiger partial charge in [-0.2, -0.15) is 0 Å². The molecule has 1 aliphatic rings. The number of Topliss-reactive ketones (excluding diaryl/α,β-unsaturated/α-hetero) is 1. The number of benzene rings is 1. The fourth-order valence-electron chi connectivity index (χ4n) is 3.12. The Morgan fingerprint density at radius 1 is 1.25 bits per heavy atom. The summed E-state index contributed by atoms with van der Waals surface area (Å²) in [5.74, 6) is 0.896. The fourth-order valence-corrected chi connectivity index (χ4v) is 3.12. The molecule has 0 aromatic heterocycles. The predicted molar refractivity (Wildman–Crippen MR) is 81.4 cm³/mol. The van der Waals surface area contributed by atoms with E-state index in [1.165, 1.54) is 19.3 Å². The fraction of sp³-hybridized carbons (Fsp3) is 0.588. The molecule has 0 atom stereocenters. The molecule has 2 rings (SSSR count). The topological polar surface area (TPSA) is 38.3 Å². The van der Waals surface area contributed by atoms with Crippen LogP contribution in [0.15, 0.2) is 24.3 Å². The van der Waals surface area contributed by atoms with Crippen molar-refractivity contribution in [3.63, 3.8) is 0 Å². The van der Waals surface area contributed by atoms with Crippen molar-refractivity contribution in [2.24, 2.45) is 0 Å². The van der Waals surface area contributed by atoms with E-state index in [4.69, 9.17) is 4.74 Å². The average molecular weight is 275 g/mol. The van der Waals surface area contributed by atoms with Crippen LogP contribution >= 0.6 is 0 Å². The molecular formula is C17H25NO2. The first kappa shape index (κ1) is 15.0. The Hall–Kier alpha value is -1.35. The van der Waals surface area contributed by atoms with Crippen LogP contribution in [0.3, 0.4) is 0 Å². The summed E-state index contributed by atoms with van der Waals surface area (Å²) >= 11 is 0. The van der Waals surface area contributed by atoms with E-state index < -0.39 is 0 Å². The molecule has 0 saturated heterocycles. The van der Waals surface area contributed by atoms with Crippen molar-refractivity contribution in [1.29, 1.82) is 0 Å². The van der Waals surface area contributed by atoms with E-state index in [0.29, 0.717) is 18.8 Å². The number of nitrogens with one attached hydrogen (secondary N) is 1. The zero-order valence-electron chi connectivity index (χ0n) is 12.6. The average Bonchev–Trinajstić information content (AvgIpc) is 2.49. The number of rotatable bonds is 6. The van der Waals surface area contributed by atoms with E-state index in [-0.39, 0.29) is 11.3 Å². The number of carbonyl (C=O) groups is 1. The summed E-state index contributed by atoms with van der Waals surface area (Å²) in [6.45, 7) is 2.53. The first-order chi connectivity index (χ1) is 9.71. The molecule has 1 saturated carbocycles. The third-order valence-electron chi connectivity index (χ3n) is 4.33. The van der Waals surface area contributed by atoms with Crippen LogP contribution < -0.4 is 10.1 Å². The lowest BCUT2D eigenvalue weighted by molar-refractivity contribution is 0.0911. The zero-order valence-corrected chi connectivity index (χ0v) is 12.6. The first-order valence-corrected chi connectivity index (χ1v) is 7.65. The van der Waals surface area contributed by atoms with Crippen molar-refractivity contribution >= 4 is 5.78 Å². The van der Waals surface area contributed by atoms with Gasteiger partial charge in [0.25, 0.3) is 0 Å². The summed E-state index contributed by atoms with van der Waals surface area (Å²) in [6.07, 6.45) is 6.45. The second-order valence-electron chi connectivity index (χ2n) is 5.62. The number of para-hydroxylation sites is 1. The molecule has 1 N–H and O–H groups in total. The second kappa shape index (κ2) is 6.89. The summed E-state index contributed by atoms with van der Waals surface area (Å²) in [5, 5.41) is 3.41. The molecule has 1 aliphatic carbocycles. The molecule has 20 heavy (non-hydrogen) atoms. The molecule has 0 amide bonds. The van der Waals surface area contributed by atoms with Crippen LogP contribution in [0.25, 0.3) is 0 Å². The lowest BCUT2D eigenvalue weighted by Crippen LogP contribution is -2.46. The molecule has 0 spiro atoms. The van der Waals surface area contributed by atoms with Gasteiger partial charge >= 0.3 is 0 Å². The Morgan fingerprint density at radius 2 is 1.95 bits per heavy atom. The maximum atomic E-state index is 12.7. The molecule has 0 unspecified atom stereocenters. The standard InChI is InChI=1S/C17H25NO2/c1-3-20-16-10-6-5-9-14(16)15(19)13-17(18-2)11-7-4-8-12-17/h5-6,9-10,18H,3-4,7-8,11-13H2,1-2H3. The minimum Gasteiger partial charge on any atom is -0.493 e. The maximum Gasteiger partial charge on any atom is 0.168 e. The molecule has 0 heterocycles. The highest BCUT2D eigenvalue weighted by Crippen LogP contribution is 2.33. The molecule has 3 heteroatoms. The summed E-state index contributed by atoms with van der Waals surface area (Å²) in [5.41, 5.74) is 0.698. The van der Waals surface area contributed by atoms with E-state index in [1.807, 2.05) is 38.2 Å². The number of carbonyl (C=O) groups excluding carboxylic acids is 1. The van der Waals surface area contributed by atoms with Gasteiger partial charge in [0.15, 0.2) is 5.78 Å². The summed E-state index contributed by atoms with van der Waals surface area (Å²) in [6, 6.07) is 7.57. The van der Waals surface area contributed by atoms with Crippen molar-refractivity contribution in [2.75, 3.05) is 13.7 Å². The van der Waals surface area contributed by atoms with E-state index in [2.05, 4.69) is 5.32 Å². The van der Waals surface area contributed by atoms with Gasteiger partial charge in [0.05, 0.1) is 12.2 Å². The summed E-state index contributed by atoms with van der Waals surface area (Å²) in [4.78, 5) is 12.7. The minimum absolute atomic E-state index is 0.0192. The van der Waals surface area contributed by atoms with Crippen LogP contribution in [0.1, 0.15) is 55.8 Å². The molecule has 110 valence electrons. The lowest BCUT2D eigenvalue weighted by Gasteiger charge is -2.36. The van der Waals surface area contributed by atoms with Crippen LogP contribution in [0.5, 0.6) is 5.75 Å². The second-order valence-corrected chi connectivity index (χ2v) is 5.62. The quantitative estimate of drug-likeness (QED) is 0.806. The number of hydrogen-bond donors (Lipinski definition) is 1. The molecule has 1 aromatic rings. The van der Waals surface area contributed by atoms with Gasteiger partial charge in [-0.15, -0.1) is 0 Å². The SMILES string of the molecule is CCOc1ccccc1C(=O)CC1(NC)CCCCC1. The zero-order chi connectivity index (χ0) is 14.4. The molecule has 0 aliphatic heterocycles. The van der Waals surface area contributed by atoms with Crippen molar-refractivity contribution < 1.29 is 9.53 Å². The van der Waals surface area contributed by atoms with Crippen LogP contribution in [0.2, 0.25) is 0 Å². The van der Waals surface area contributed by atoms with Crippen molar-refractivity contribution in [1.82, 2.24) is 5.32 Å². The van der Waals surface area contributed by atoms with E-state index in [0.717, 1.165) is 18.4 Å². The largest absolute Gasteiger partial charge is 0.493 e. The molecule has 1 fully saturated rings. The molecule has 0 radical (unpaired) electrons. The van der Waals surface area contributed by atoms with Gasteiger partial charge in [0, 0.05) is 12.0 Å². The van der Waals surface area contributed by atoms with Gasteiger partial charge < -0.3 is 10.1 Å². The van der Waals surface area contributed by atoms with Gasteiger partial charge in [-0.25, -0.2) is 0 Å².